The number of rotatable bonds is 2. The van der Waals surface area contributed by atoms with Crippen molar-refractivity contribution >= 4 is 12.2 Å². The Labute approximate surface area is 85.6 Å². The molecule has 0 bridgehead atoms. The SMILES string of the molecule is CCc1cc(=S)nc(-c2ncn[nH]2)[nH]1. The summed E-state index contributed by atoms with van der Waals surface area (Å²) in [6.45, 7) is 2.05. The number of aromatic amines is 2. The summed E-state index contributed by atoms with van der Waals surface area (Å²) < 4.78 is 0.562. The average Bonchev–Trinajstić information content (AvgIpc) is 2.69. The summed E-state index contributed by atoms with van der Waals surface area (Å²) in [5, 5.41) is 6.48. The van der Waals surface area contributed by atoms with E-state index in [1.54, 1.807) is 0 Å². The van der Waals surface area contributed by atoms with Gasteiger partial charge in [-0.25, -0.2) is 9.97 Å². The van der Waals surface area contributed by atoms with Gasteiger partial charge in [-0.1, -0.05) is 19.1 Å². The van der Waals surface area contributed by atoms with Crippen molar-refractivity contribution in [1.82, 2.24) is 25.1 Å². The van der Waals surface area contributed by atoms with Crippen LogP contribution in [-0.4, -0.2) is 25.1 Å². The Morgan fingerprint density at radius 3 is 2.93 bits per heavy atom. The maximum Gasteiger partial charge on any atom is 0.191 e. The van der Waals surface area contributed by atoms with E-state index in [9.17, 15) is 0 Å². The van der Waals surface area contributed by atoms with Gasteiger partial charge < -0.3 is 4.98 Å². The third-order valence-electron chi connectivity index (χ3n) is 1.82. The maximum absolute atomic E-state index is 5.03. The Morgan fingerprint density at radius 2 is 2.29 bits per heavy atom. The molecule has 72 valence electrons. The molecule has 0 aliphatic carbocycles. The predicted molar refractivity (Wildman–Crippen MR) is 54.2 cm³/mol. The van der Waals surface area contributed by atoms with Crippen LogP contribution in [-0.2, 0) is 6.42 Å². The molecule has 2 aromatic heterocycles. The quantitative estimate of drug-likeness (QED) is 0.732. The normalized spacial score (nSPS) is 10.4. The Kier molecular flexibility index (Phi) is 2.36. The van der Waals surface area contributed by atoms with Gasteiger partial charge in [0.15, 0.2) is 11.6 Å². The Balaban J connectivity index is 2.54. The van der Waals surface area contributed by atoms with E-state index in [1.807, 2.05) is 13.0 Å². The highest BCUT2D eigenvalue weighted by Gasteiger charge is 2.03. The molecular weight excluding hydrogens is 198 g/mol. The topological polar surface area (TPSA) is 70.2 Å². The van der Waals surface area contributed by atoms with Gasteiger partial charge in [0.1, 0.15) is 11.0 Å². The summed E-state index contributed by atoms with van der Waals surface area (Å²) in [7, 11) is 0. The van der Waals surface area contributed by atoms with Crippen molar-refractivity contribution in [3.8, 4) is 11.6 Å². The number of nitrogens with one attached hydrogen (secondary N) is 2. The highest BCUT2D eigenvalue weighted by Crippen LogP contribution is 2.08. The lowest BCUT2D eigenvalue weighted by Crippen LogP contribution is -1.96. The van der Waals surface area contributed by atoms with Crippen LogP contribution in [0.1, 0.15) is 12.6 Å². The number of aromatic nitrogens is 5. The number of hydrogen-bond donors (Lipinski definition) is 2. The van der Waals surface area contributed by atoms with Crippen molar-refractivity contribution in [3.63, 3.8) is 0 Å². The van der Waals surface area contributed by atoms with Crippen LogP contribution >= 0.6 is 12.2 Å². The lowest BCUT2D eigenvalue weighted by molar-refractivity contribution is 0.978. The third kappa shape index (κ3) is 1.69. The van der Waals surface area contributed by atoms with Crippen LogP contribution in [0, 0.1) is 4.64 Å². The standard InChI is InChI=1S/C8H9N5S/c1-2-5-3-6(14)12-8(11-5)7-9-4-10-13-7/h3-4H,2H2,1H3,(H,9,10,13)(H,11,12,14). The summed E-state index contributed by atoms with van der Waals surface area (Å²) in [6.07, 6.45) is 2.32. The van der Waals surface area contributed by atoms with Gasteiger partial charge in [0.25, 0.3) is 0 Å². The van der Waals surface area contributed by atoms with E-state index in [-0.39, 0.29) is 0 Å². The summed E-state index contributed by atoms with van der Waals surface area (Å²) in [5.41, 5.74) is 1.04. The monoisotopic (exact) mass is 207 g/mol. The largest absolute Gasteiger partial charge is 0.341 e. The smallest absolute Gasteiger partial charge is 0.191 e. The summed E-state index contributed by atoms with van der Waals surface area (Å²) >= 11 is 5.03. The van der Waals surface area contributed by atoms with Gasteiger partial charge in [-0.2, -0.15) is 5.10 Å². The van der Waals surface area contributed by atoms with Crippen molar-refractivity contribution in [1.29, 1.82) is 0 Å². The first-order valence-electron chi connectivity index (χ1n) is 4.25. The molecule has 2 heterocycles. The van der Waals surface area contributed by atoms with Crippen molar-refractivity contribution < 1.29 is 0 Å². The molecule has 6 heteroatoms. The minimum absolute atomic E-state index is 0.562. The summed E-state index contributed by atoms with van der Waals surface area (Å²) in [5.74, 6) is 1.23. The molecule has 0 spiro atoms. The maximum atomic E-state index is 5.03. The molecule has 0 fully saturated rings. The second kappa shape index (κ2) is 3.67. The van der Waals surface area contributed by atoms with Crippen LogP contribution in [0.5, 0.6) is 0 Å². The first kappa shape index (κ1) is 9.01. The molecule has 0 saturated carbocycles. The fourth-order valence-corrected chi connectivity index (χ4v) is 1.36. The highest BCUT2D eigenvalue weighted by molar-refractivity contribution is 7.71. The van der Waals surface area contributed by atoms with Crippen LogP contribution in [0.3, 0.4) is 0 Å². The molecule has 0 unspecified atom stereocenters. The molecule has 5 nitrogen and oxygen atoms in total. The molecule has 2 N–H and O–H groups in total. The molecule has 0 aromatic carbocycles. The zero-order valence-corrected chi connectivity index (χ0v) is 8.43. The number of H-pyrrole nitrogens is 2. The van der Waals surface area contributed by atoms with E-state index >= 15 is 0 Å². The highest BCUT2D eigenvalue weighted by atomic mass is 32.1. The zero-order chi connectivity index (χ0) is 9.97. The van der Waals surface area contributed by atoms with Gasteiger partial charge >= 0.3 is 0 Å². The zero-order valence-electron chi connectivity index (χ0n) is 7.61. The number of hydrogen-bond acceptors (Lipinski definition) is 4. The van der Waals surface area contributed by atoms with Crippen LogP contribution < -0.4 is 0 Å². The fraction of sp³-hybridized carbons (Fsp3) is 0.250. The van der Waals surface area contributed by atoms with E-state index in [4.69, 9.17) is 12.2 Å². The molecule has 14 heavy (non-hydrogen) atoms. The predicted octanol–water partition coefficient (Wildman–Crippen LogP) is 1.49. The summed E-state index contributed by atoms with van der Waals surface area (Å²) in [4.78, 5) is 11.3. The second-order valence-corrected chi connectivity index (χ2v) is 3.20. The van der Waals surface area contributed by atoms with Crippen molar-refractivity contribution in [3.05, 3.63) is 22.7 Å². The minimum Gasteiger partial charge on any atom is -0.341 e. The number of nitrogens with zero attached hydrogens (tertiary/aromatic N) is 3. The lowest BCUT2D eigenvalue weighted by atomic mass is 10.3. The van der Waals surface area contributed by atoms with E-state index in [2.05, 4.69) is 25.1 Å². The molecule has 0 saturated heterocycles. The van der Waals surface area contributed by atoms with Gasteiger partial charge in [0, 0.05) is 5.69 Å². The van der Waals surface area contributed by atoms with E-state index < -0.39 is 0 Å². The summed E-state index contributed by atoms with van der Waals surface area (Å²) in [6, 6.07) is 1.84. The average molecular weight is 207 g/mol. The molecule has 0 radical (unpaired) electrons. The molecule has 2 aromatic rings. The van der Waals surface area contributed by atoms with Crippen LogP contribution in [0.2, 0.25) is 0 Å². The van der Waals surface area contributed by atoms with Gasteiger partial charge in [-0.3, -0.25) is 5.10 Å². The van der Waals surface area contributed by atoms with Crippen molar-refractivity contribution in [2.75, 3.05) is 0 Å². The van der Waals surface area contributed by atoms with Gasteiger partial charge in [0.05, 0.1) is 0 Å². The van der Waals surface area contributed by atoms with Gasteiger partial charge in [0.2, 0.25) is 0 Å². The lowest BCUT2D eigenvalue weighted by Gasteiger charge is -2.00. The molecule has 2 rings (SSSR count). The van der Waals surface area contributed by atoms with Crippen LogP contribution in [0.4, 0.5) is 0 Å². The Morgan fingerprint density at radius 1 is 1.43 bits per heavy atom. The van der Waals surface area contributed by atoms with Gasteiger partial charge in [-0.15, -0.1) is 0 Å². The van der Waals surface area contributed by atoms with Crippen molar-refractivity contribution in [2.45, 2.75) is 13.3 Å². The minimum atomic E-state index is 0.562. The Bertz CT molecular complexity index is 473. The Hall–Kier alpha value is -1.56. The molecule has 0 atom stereocenters. The third-order valence-corrected chi connectivity index (χ3v) is 2.03. The molecule has 0 amide bonds. The van der Waals surface area contributed by atoms with E-state index in [1.165, 1.54) is 6.33 Å². The van der Waals surface area contributed by atoms with E-state index in [0.29, 0.717) is 16.3 Å². The fourth-order valence-electron chi connectivity index (χ4n) is 1.13. The molecule has 0 aliphatic heterocycles. The van der Waals surface area contributed by atoms with Crippen LogP contribution in [0.25, 0.3) is 11.6 Å². The first-order valence-corrected chi connectivity index (χ1v) is 4.66. The first-order chi connectivity index (χ1) is 6.79. The molecule has 0 aliphatic rings. The van der Waals surface area contributed by atoms with E-state index in [0.717, 1.165) is 12.1 Å². The van der Waals surface area contributed by atoms with Crippen LogP contribution in [0.15, 0.2) is 12.4 Å². The number of aryl methyl sites for hydroxylation is 1. The van der Waals surface area contributed by atoms with Crippen molar-refractivity contribution in [2.24, 2.45) is 0 Å². The van der Waals surface area contributed by atoms with Gasteiger partial charge in [-0.05, 0) is 12.5 Å². The second-order valence-electron chi connectivity index (χ2n) is 2.78. The molecular formula is C8H9N5S.